The molecule has 0 aliphatic carbocycles. The van der Waals surface area contributed by atoms with Gasteiger partial charge in [0.15, 0.2) is 0 Å². The van der Waals surface area contributed by atoms with E-state index in [0.717, 1.165) is 10.8 Å². The third kappa shape index (κ3) is 3.80. The monoisotopic (exact) mass is 356 g/mol. The summed E-state index contributed by atoms with van der Waals surface area (Å²) in [4.78, 5) is 39.0. The van der Waals surface area contributed by atoms with E-state index in [1.807, 2.05) is 29.1 Å². The van der Waals surface area contributed by atoms with Crippen LogP contribution in [0.2, 0.25) is 0 Å². The zero-order valence-corrected chi connectivity index (χ0v) is 13.8. The molecule has 0 saturated heterocycles. The van der Waals surface area contributed by atoms with Crippen LogP contribution >= 0.6 is 0 Å². The second kappa shape index (κ2) is 7.64. The smallest absolute Gasteiger partial charge is 0.328 e. The van der Waals surface area contributed by atoms with Crippen molar-refractivity contribution in [2.45, 2.75) is 13.1 Å². The van der Waals surface area contributed by atoms with Gasteiger partial charge in [-0.05, 0) is 18.2 Å². The standard InChI is InChI=1S/C18H17FN4O3/c19-15-6-2-1-5-13(15)12-23-17(25)14(11-21-18(23)26)16(24)20-7-10-22-8-3-4-9-22/h1-6,8-9,11H,7,10,12H2,(H,20,24)(H,21,26). The first kappa shape index (κ1) is 17.4. The van der Waals surface area contributed by atoms with Gasteiger partial charge in [0.05, 0.1) is 6.54 Å². The lowest BCUT2D eigenvalue weighted by molar-refractivity contribution is 0.0949. The van der Waals surface area contributed by atoms with Crippen molar-refractivity contribution < 1.29 is 9.18 Å². The van der Waals surface area contributed by atoms with Crippen LogP contribution in [0.25, 0.3) is 0 Å². The van der Waals surface area contributed by atoms with Gasteiger partial charge in [-0.25, -0.2) is 9.18 Å². The number of hydrogen-bond acceptors (Lipinski definition) is 3. The van der Waals surface area contributed by atoms with Crippen molar-refractivity contribution in [3.63, 3.8) is 0 Å². The molecule has 26 heavy (non-hydrogen) atoms. The molecule has 3 aromatic rings. The number of hydrogen-bond donors (Lipinski definition) is 2. The van der Waals surface area contributed by atoms with Crippen molar-refractivity contribution in [1.29, 1.82) is 0 Å². The zero-order valence-electron chi connectivity index (χ0n) is 13.8. The molecule has 7 nitrogen and oxygen atoms in total. The largest absolute Gasteiger partial charge is 0.353 e. The summed E-state index contributed by atoms with van der Waals surface area (Å²) in [5, 5.41) is 2.63. The lowest BCUT2D eigenvalue weighted by Gasteiger charge is -2.09. The minimum atomic E-state index is -0.768. The number of aromatic amines is 1. The SMILES string of the molecule is O=C(NCCn1cccc1)c1c[nH]c(=O)n(Cc2ccccc2F)c1=O. The summed E-state index contributed by atoms with van der Waals surface area (Å²) in [6, 6.07) is 9.57. The minimum absolute atomic E-state index is 0.185. The number of carbonyl (C=O) groups is 1. The van der Waals surface area contributed by atoms with Gasteiger partial charge in [0.1, 0.15) is 11.4 Å². The Morgan fingerprint density at radius 2 is 1.85 bits per heavy atom. The lowest BCUT2D eigenvalue weighted by atomic mass is 10.2. The Bertz CT molecular complexity index is 1020. The fraction of sp³-hybridized carbons (Fsp3) is 0.167. The number of carbonyl (C=O) groups excluding carboxylic acids is 1. The highest BCUT2D eigenvalue weighted by atomic mass is 19.1. The molecule has 1 amide bonds. The van der Waals surface area contributed by atoms with Crippen LogP contribution in [0.5, 0.6) is 0 Å². The van der Waals surface area contributed by atoms with Gasteiger partial charge in [0, 0.05) is 37.2 Å². The van der Waals surface area contributed by atoms with Crippen molar-refractivity contribution in [2.75, 3.05) is 6.54 Å². The first-order valence-corrected chi connectivity index (χ1v) is 8.01. The van der Waals surface area contributed by atoms with Crippen LogP contribution in [0.15, 0.2) is 64.6 Å². The average molecular weight is 356 g/mol. The highest BCUT2D eigenvalue weighted by molar-refractivity contribution is 5.93. The van der Waals surface area contributed by atoms with Crippen molar-refractivity contribution in [3.05, 3.63) is 92.8 Å². The highest BCUT2D eigenvalue weighted by Crippen LogP contribution is 2.06. The molecule has 0 bridgehead atoms. The maximum absolute atomic E-state index is 13.8. The third-order valence-electron chi connectivity index (χ3n) is 3.91. The van der Waals surface area contributed by atoms with Gasteiger partial charge in [0.2, 0.25) is 0 Å². The second-order valence-corrected chi connectivity index (χ2v) is 5.67. The number of H-pyrrole nitrogens is 1. The second-order valence-electron chi connectivity index (χ2n) is 5.67. The summed E-state index contributed by atoms with van der Waals surface area (Å²) >= 11 is 0. The Kier molecular flexibility index (Phi) is 5.12. The molecular formula is C18H17FN4O3. The van der Waals surface area contributed by atoms with Crippen molar-refractivity contribution in [1.82, 2.24) is 19.4 Å². The molecule has 2 N–H and O–H groups in total. The summed E-state index contributed by atoms with van der Waals surface area (Å²) in [6.07, 6.45) is 4.79. The molecule has 134 valence electrons. The fourth-order valence-electron chi connectivity index (χ4n) is 2.53. The van der Waals surface area contributed by atoms with Gasteiger partial charge in [-0.2, -0.15) is 0 Å². The molecule has 0 aliphatic heterocycles. The van der Waals surface area contributed by atoms with Crippen LogP contribution in [0.4, 0.5) is 4.39 Å². The Labute approximate surface area is 147 Å². The van der Waals surface area contributed by atoms with E-state index in [4.69, 9.17) is 0 Å². The van der Waals surface area contributed by atoms with Crippen LogP contribution in [0.3, 0.4) is 0 Å². The van der Waals surface area contributed by atoms with Crippen LogP contribution < -0.4 is 16.6 Å². The number of amides is 1. The molecule has 0 aliphatic rings. The van der Waals surface area contributed by atoms with E-state index in [1.165, 1.54) is 18.2 Å². The van der Waals surface area contributed by atoms with Crippen LogP contribution in [0.1, 0.15) is 15.9 Å². The topological polar surface area (TPSA) is 88.9 Å². The summed E-state index contributed by atoms with van der Waals surface area (Å²) in [6.45, 7) is 0.607. The summed E-state index contributed by atoms with van der Waals surface area (Å²) in [5.74, 6) is -1.12. The fourth-order valence-corrected chi connectivity index (χ4v) is 2.53. The first-order valence-electron chi connectivity index (χ1n) is 8.01. The van der Waals surface area contributed by atoms with E-state index in [-0.39, 0.29) is 17.7 Å². The van der Waals surface area contributed by atoms with E-state index in [1.54, 1.807) is 6.07 Å². The molecule has 0 radical (unpaired) electrons. The van der Waals surface area contributed by atoms with Gasteiger partial charge in [-0.3, -0.25) is 14.2 Å². The zero-order chi connectivity index (χ0) is 18.5. The molecule has 1 aromatic carbocycles. The van der Waals surface area contributed by atoms with E-state index >= 15 is 0 Å². The number of nitrogens with one attached hydrogen (secondary N) is 2. The van der Waals surface area contributed by atoms with E-state index in [9.17, 15) is 18.8 Å². The van der Waals surface area contributed by atoms with Gasteiger partial charge in [0.25, 0.3) is 11.5 Å². The van der Waals surface area contributed by atoms with Crippen LogP contribution in [0, 0.1) is 5.82 Å². The predicted octanol–water partition coefficient (Wildman–Crippen LogP) is 0.955. The quantitative estimate of drug-likeness (QED) is 0.689. The Morgan fingerprint density at radius 3 is 2.58 bits per heavy atom. The van der Waals surface area contributed by atoms with Crippen molar-refractivity contribution in [3.8, 4) is 0 Å². The molecule has 0 unspecified atom stereocenters. The molecule has 0 saturated carbocycles. The summed E-state index contributed by atoms with van der Waals surface area (Å²) < 4.78 is 16.5. The lowest BCUT2D eigenvalue weighted by Crippen LogP contribution is -2.41. The van der Waals surface area contributed by atoms with E-state index in [2.05, 4.69) is 10.3 Å². The molecule has 3 rings (SSSR count). The van der Waals surface area contributed by atoms with Gasteiger partial charge in [-0.1, -0.05) is 18.2 Å². The Hall–Kier alpha value is -3.42. The average Bonchev–Trinajstić information content (AvgIpc) is 3.13. The highest BCUT2D eigenvalue weighted by Gasteiger charge is 2.15. The first-order chi connectivity index (χ1) is 12.6. The van der Waals surface area contributed by atoms with Gasteiger partial charge in [-0.15, -0.1) is 0 Å². The predicted molar refractivity (Wildman–Crippen MR) is 93.6 cm³/mol. The maximum Gasteiger partial charge on any atom is 0.328 e. The van der Waals surface area contributed by atoms with Crippen LogP contribution in [-0.4, -0.2) is 26.6 Å². The van der Waals surface area contributed by atoms with Gasteiger partial charge >= 0.3 is 5.69 Å². The summed E-state index contributed by atoms with van der Waals surface area (Å²) in [7, 11) is 0. The molecule has 0 spiro atoms. The molecular weight excluding hydrogens is 339 g/mol. The van der Waals surface area contributed by atoms with Crippen LogP contribution in [-0.2, 0) is 13.1 Å². The van der Waals surface area contributed by atoms with E-state index < -0.39 is 23.0 Å². The number of aromatic nitrogens is 3. The summed E-state index contributed by atoms with van der Waals surface area (Å²) in [5.41, 5.74) is -1.49. The molecule has 2 aromatic heterocycles. The number of rotatable bonds is 6. The normalized spacial score (nSPS) is 10.7. The number of benzene rings is 1. The van der Waals surface area contributed by atoms with Crippen molar-refractivity contribution >= 4 is 5.91 Å². The molecule has 8 heteroatoms. The van der Waals surface area contributed by atoms with E-state index in [0.29, 0.717) is 13.1 Å². The molecule has 0 fully saturated rings. The molecule has 0 atom stereocenters. The third-order valence-corrected chi connectivity index (χ3v) is 3.91. The van der Waals surface area contributed by atoms with Crippen molar-refractivity contribution in [2.24, 2.45) is 0 Å². The Morgan fingerprint density at radius 1 is 1.12 bits per heavy atom. The number of halogens is 1. The molecule has 2 heterocycles. The van der Waals surface area contributed by atoms with Gasteiger partial charge < -0.3 is 14.9 Å². The minimum Gasteiger partial charge on any atom is -0.353 e. The Balaban J connectivity index is 1.78. The maximum atomic E-state index is 13.8. The number of nitrogens with zero attached hydrogens (tertiary/aromatic N) is 2.